The second-order valence-electron chi connectivity index (χ2n) is 3.08. The highest BCUT2D eigenvalue weighted by Gasteiger charge is 2.27. The molecule has 7 heteroatoms. The number of hydrogen-bond donors (Lipinski definition) is 2. The lowest BCUT2D eigenvalue weighted by Crippen LogP contribution is -2.22. The average molecular weight is 214 g/mol. The molecule has 0 amide bonds. The minimum Gasteiger partial charge on any atom is -0.427 e. The third-order valence-corrected chi connectivity index (χ3v) is 1.79. The molecule has 0 spiro atoms. The van der Waals surface area contributed by atoms with Crippen molar-refractivity contribution in [2.24, 2.45) is 0 Å². The molecule has 0 aliphatic heterocycles. The first-order chi connectivity index (χ1) is 6.35. The maximum absolute atomic E-state index is 11.7. The van der Waals surface area contributed by atoms with Crippen molar-refractivity contribution in [1.82, 2.24) is 0 Å². The topological polar surface area (TPSA) is 49.7 Å². The first kappa shape index (κ1) is 13.7. The second-order valence-corrected chi connectivity index (χ2v) is 3.08. The lowest BCUT2D eigenvalue weighted by Gasteiger charge is -2.14. The molecule has 1 atom stereocenters. The average Bonchev–Trinajstić information content (AvgIpc) is 1.99. The fraction of sp³-hybridized carbons (Fsp3) is 1.00. The van der Waals surface area contributed by atoms with E-state index in [-0.39, 0.29) is 19.2 Å². The molecule has 3 nitrogen and oxygen atoms in total. The minimum atomic E-state index is -4.16. The van der Waals surface area contributed by atoms with Crippen LogP contribution < -0.4 is 0 Å². The van der Waals surface area contributed by atoms with E-state index in [0.717, 1.165) is 0 Å². The van der Waals surface area contributed by atoms with E-state index in [2.05, 4.69) is 0 Å². The molecule has 84 valence electrons. The molecule has 0 saturated carbocycles. The molecular formula is C7H14BF3O3. The second kappa shape index (κ2) is 6.26. The van der Waals surface area contributed by atoms with E-state index in [1.165, 1.54) is 7.11 Å². The van der Waals surface area contributed by atoms with Crippen molar-refractivity contribution in [2.75, 3.05) is 7.11 Å². The zero-order valence-electron chi connectivity index (χ0n) is 7.92. The van der Waals surface area contributed by atoms with Crippen molar-refractivity contribution >= 4 is 7.12 Å². The Kier molecular flexibility index (Phi) is 6.14. The van der Waals surface area contributed by atoms with Gasteiger partial charge < -0.3 is 14.8 Å². The van der Waals surface area contributed by atoms with Crippen LogP contribution in [0.2, 0.25) is 6.32 Å². The van der Waals surface area contributed by atoms with Gasteiger partial charge in [-0.15, -0.1) is 0 Å². The van der Waals surface area contributed by atoms with Crippen molar-refractivity contribution in [2.45, 2.75) is 37.9 Å². The molecule has 0 rings (SSSR count). The van der Waals surface area contributed by atoms with Gasteiger partial charge in [-0.3, -0.25) is 0 Å². The standard InChI is InChI=1S/C7H14BF3O3/c1-14-6(5-8(12)13)3-2-4-7(9,10)11/h6,12-13H,2-5H2,1H3. The summed E-state index contributed by atoms with van der Waals surface area (Å²) in [6.45, 7) is 0. The molecule has 14 heavy (non-hydrogen) atoms. The molecule has 0 aromatic rings. The fourth-order valence-corrected chi connectivity index (χ4v) is 1.10. The number of halogens is 3. The van der Waals surface area contributed by atoms with Gasteiger partial charge in [0.2, 0.25) is 0 Å². The predicted octanol–water partition coefficient (Wildman–Crippen LogP) is 1.21. The highest BCUT2D eigenvalue weighted by Crippen LogP contribution is 2.23. The summed E-state index contributed by atoms with van der Waals surface area (Å²) in [5, 5.41) is 17.1. The van der Waals surface area contributed by atoms with E-state index in [1.54, 1.807) is 0 Å². The van der Waals surface area contributed by atoms with Gasteiger partial charge in [-0.05, 0) is 12.8 Å². The number of methoxy groups -OCH3 is 1. The Morgan fingerprint density at radius 1 is 1.36 bits per heavy atom. The Labute approximate surface area is 81.0 Å². The summed E-state index contributed by atoms with van der Waals surface area (Å²) in [4.78, 5) is 0. The molecule has 0 aliphatic rings. The quantitative estimate of drug-likeness (QED) is 0.653. The third-order valence-electron chi connectivity index (χ3n) is 1.79. The van der Waals surface area contributed by atoms with Crippen LogP contribution in [-0.4, -0.2) is 36.6 Å². The Balaban J connectivity index is 3.63. The van der Waals surface area contributed by atoms with Gasteiger partial charge in [0.15, 0.2) is 0 Å². The van der Waals surface area contributed by atoms with Gasteiger partial charge in [0.25, 0.3) is 0 Å². The molecular weight excluding hydrogens is 200 g/mol. The summed E-state index contributed by atoms with van der Waals surface area (Å²) in [6.07, 6.45) is -5.50. The molecule has 0 radical (unpaired) electrons. The van der Waals surface area contributed by atoms with Crippen molar-refractivity contribution in [3.8, 4) is 0 Å². The summed E-state index contributed by atoms with van der Waals surface area (Å²) in [7, 11) is -0.202. The molecule has 0 aromatic carbocycles. The Morgan fingerprint density at radius 2 is 1.93 bits per heavy atom. The third kappa shape index (κ3) is 8.34. The van der Waals surface area contributed by atoms with E-state index >= 15 is 0 Å². The Hall–Kier alpha value is -0.265. The monoisotopic (exact) mass is 214 g/mol. The van der Waals surface area contributed by atoms with Crippen molar-refractivity contribution in [3.05, 3.63) is 0 Å². The lowest BCUT2D eigenvalue weighted by molar-refractivity contribution is -0.136. The molecule has 0 saturated heterocycles. The van der Waals surface area contributed by atoms with Gasteiger partial charge in [0, 0.05) is 19.9 Å². The van der Waals surface area contributed by atoms with Gasteiger partial charge in [-0.1, -0.05) is 0 Å². The zero-order chi connectivity index (χ0) is 11.2. The van der Waals surface area contributed by atoms with E-state index in [4.69, 9.17) is 14.8 Å². The van der Waals surface area contributed by atoms with E-state index in [0.29, 0.717) is 0 Å². The molecule has 0 aromatic heterocycles. The number of alkyl halides is 3. The van der Waals surface area contributed by atoms with Crippen LogP contribution in [0.25, 0.3) is 0 Å². The van der Waals surface area contributed by atoms with Crippen LogP contribution in [0, 0.1) is 0 Å². The van der Waals surface area contributed by atoms with Crippen LogP contribution in [0.3, 0.4) is 0 Å². The van der Waals surface area contributed by atoms with Crippen molar-refractivity contribution in [1.29, 1.82) is 0 Å². The molecule has 0 aliphatic carbocycles. The SMILES string of the molecule is COC(CCCC(F)(F)F)CB(O)O. The maximum Gasteiger partial charge on any atom is 0.454 e. The van der Waals surface area contributed by atoms with Crippen LogP contribution in [0.4, 0.5) is 13.2 Å². The summed E-state index contributed by atoms with van der Waals surface area (Å²) in [5.74, 6) is 0. The number of ether oxygens (including phenoxy) is 1. The summed E-state index contributed by atoms with van der Waals surface area (Å²) < 4.78 is 40.0. The van der Waals surface area contributed by atoms with E-state index in [9.17, 15) is 13.2 Å². The Bertz CT molecular complexity index is 152. The highest BCUT2D eigenvalue weighted by atomic mass is 19.4. The molecule has 2 N–H and O–H groups in total. The van der Waals surface area contributed by atoms with Crippen LogP contribution in [0.5, 0.6) is 0 Å². The van der Waals surface area contributed by atoms with Gasteiger partial charge in [0.1, 0.15) is 0 Å². The van der Waals surface area contributed by atoms with Crippen LogP contribution in [0.15, 0.2) is 0 Å². The normalized spacial score (nSPS) is 14.1. The number of hydrogen-bond acceptors (Lipinski definition) is 3. The molecule has 1 unspecified atom stereocenters. The van der Waals surface area contributed by atoms with Crippen LogP contribution in [0.1, 0.15) is 19.3 Å². The first-order valence-corrected chi connectivity index (χ1v) is 4.31. The van der Waals surface area contributed by atoms with Gasteiger partial charge in [-0.25, -0.2) is 0 Å². The van der Waals surface area contributed by atoms with E-state index in [1.807, 2.05) is 0 Å². The van der Waals surface area contributed by atoms with Crippen LogP contribution >= 0.6 is 0 Å². The Morgan fingerprint density at radius 3 is 2.29 bits per heavy atom. The minimum absolute atomic E-state index is 0.0608. The van der Waals surface area contributed by atoms with Gasteiger partial charge >= 0.3 is 13.3 Å². The zero-order valence-corrected chi connectivity index (χ0v) is 7.92. The molecule has 0 heterocycles. The maximum atomic E-state index is 11.7. The summed E-state index contributed by atoms with van der Waals surface area (Å²) in [5.41, 5.74) is 0. The first-order valence-electron chi connectivity index (χ1n) is 4.31. The van der Waals surface area contributed by atoms with Gasteiger partial charge in [0.05, 0.1) is 6.10 Å². The molecule has 0 bridgehead atoms. The van der Waals surface area contributed by atoms with Crippen molar-refractivity contribution in [3.63, 3.8) is 0 Å². The number of rotatable bonds is 6. The van der Waals surface area contributed by atoms with Crippen LogP contribution in [-0.2, 0) is 4.74 Å². The van der Waals surface area contributed by atoms with Gasteiger partial charge in [-0.2, -0.15) is 13.2 Å². The smallest absolute Gasteiger partial charge is 0.427 e. The summed E-state index contributed by atoms with van der Waals surface area (Å²) in [6, 6.07) is 0. The van der Waals surface area contributed by atoms with Crippen molar-refractivity contribution < 1.29 is 28.0 Å². The van der Waals surface area contributed by atoms with E-state index < -0.39 is 25.8 Å². The fourth-order valence-electron chi connectivity index (χ4n) is 1.10. The predicted molar refractivity (Wildman–Crippen MR) is 45.7 cm³/mol. The largest absolute Gasteiger partial charge is 0.454 e. The molecule has 0 fully saturated rings. The lowest BCUT2D eigenvalue weighted by atomic mass is 9.81. The highest BCUT2D eigenvalue weighted by molar-refractivity contribution is 6.41. The summed E-state index contributed by atoms with van der Waals surface area (Å²) >= 11 is 0.